The average Bonchev–Trinajstić information content (AvgIpc) is 2.90. The number of carbonyl (C=O) groups excluding carboxylic acids is 2. The molecule has 1 aliphatic rings. The summed E-state index contributed by atoms with van der Waals surface area (Å²) in [6.45, 7) is 0.716. The van der Waals surface area contributed by atoms with Crippen LogP contribution in [0.25, 0.3) is 0 Å². The molecule has 0 fully saturated rings. The first-order chi connectivity index (χ1) is 9.29. The Kier molecular flexibility index (Phi) is 2.88. The predicted molar refractivity (Wildman–Crippen MR) is 73.7 cm³/mol. The summed E-state index contributed by atoms with van der Waals surface area (Å²) < 4.78 is 0. The molecule has 0 spiro atoms. The summed E-state index contributed by atoms with van der Waals surface area (Å²) in [6.07, 6.45) is 1.67. The van der Waals surface area contributed by atoms with E-state index in [1.54, 1.807) is 29.2 Å². The highest BCUT2D eigenvalue weighted by atomic mass is 16.2. The van der Waals surface area contributed by atoms with Crippen molar-refractivity contribution in [3.8, 4) is 0 Å². The molecule has 1 heterocycles. The van der Waals surface area contributed by atoms with Crippen LogP contribution < -0.4 is 4.90 Å². The highest BCUT2D eigenvalue weighted by molar-refractivity contribution is 6.07. The molecule has 0 saturated heterocycles. The number of benzene rings is 2. The van der Waals surface area contributed by atoms with E-state index in [-0.39, 0.29) is 5.91 Å². The van der Waals surface area contributed by atoms with Crippen LogP contribution in [0.2, 0.25) is 0 Å². The van der Waals surface area contributed by atoms with Crippen LogP contribution in [0.1, 0.15) is 26.3 Å². The van der Waals surface area contributed by atoms with E-state index in [0.717, 1.165) is 18.4 Å². The van der Waals surface area contributed by atoms with Crippen molar-refractivity contribution in [1.29, 1.82) is 0 Å². The Morgan fingerprint density at radius 1 is 1.05 bits per heavy atom. The highest BCUT2D eigenvalue weighted by Crippen LogP contribution is 2.28. The molecular weight excluding hydrogens is 238 g/mol. The van der Waals surface area contributed by atoms with Crippen molar-refractivity contribution in [2.45, 2.75) is 6.42 Å². The number of nitrogens with zero attached hydrogens (tertiary/aromatic N) is 1. The first-order valence-electron chi connectivity index (χ1n) is 6.24. The van der Waals surface area contributed by atoms with Gasteiger partial charge in [0.05, 0.1) is 0 Å². The Balaban J connectivity index is 1.90. The molecule has 0 bridgehead atoms. The normalized spacial score (nSPS) is 13.2. The number of hydrogen-bond donors (Lipinski definition) is 0. The van der Waals surface area contributed by atoms with Crippen LogP contribution in [0.4, 0.5) is 5.69 Å². The molecule has 0 atom stereocenters. The number of hydrogen-bond acceptors (Lipinski definition) is 2. The largest absolute Gasteiger partial charge is 0.308 e. The SMILES string of the molecule is O=Cc1ccc(C(=O)N2CCc3ccccc32)cc1. The maximum absolute atomic E-state index is 12.4. The number of rotatable bonds is 2. The van der Waals surface area contributed by atoms with Crippen LogP contribution in [0.3, 0.4) is 0 Å². The van der Waals surface area contributed by atoms with Crippen LogP contribution in [0.5, 0.6) is 0 Å². The van der Waals surface area contributed by atoms with Crippen molar-refractivity contribution in [1.82, 2.24) is 0 Å². The molecule has 0 aliphatic carbocycles. The minimum Gasteiger partial charge on any atom is -0.308 e. The summed E-state index contributed by atoms with van der Waals surface area (Å²) >= 11 is 0. The minimum atomic E-state index is -0.0117. The fourth-order valence-electron chi connectivity index (χ4n) is 2.41. The third-order valence-corrected chi connectivity index (χ3v) is 3.43. The molecule has 0 saturated carbocycles. The van der Waals surface area contributed by atoms with Crippen LogP contribution in [-0.2, 0) is 6.42 Å². The fourth-order valence-corrected chi connectivity index (χ4v) is 2.41. The number of fused-ring (bicyclic) bond motifs is 1. The van der Waals surface area contributed by atoms with E-state index in [1.165, 1.54) is 5.56 Å². The lowest BCUT2D eigenvalue weighted by atomic mass is 10.1. The first-order valence-corrected chi connectivity index (χ1v) is 6.24. The van der Waals surface area contributed by atoms with Crippen LogP contribution in [-0.4, -0.2) is 18.7 Å². The third-order valence-electron chi connectivity index (χ3n) is 3.43. The summed E-state index contributed by atoms with van der Waals surface area (Å²) in [5, 5.41) is 0. The second-order valence-electron chi connectivity index (χ2n) is 4.58. The smallest absolute Gasteiger partial charge is 0.258 e. The second kappa shape index (κ2) is 4.69. The molecule has 0 N–H and O–H groups in total. The minimum absolute atomic E-state index is 0.0117. The summed E-state index contributed by atoms with van der Waals surface area (Å²) in [5.41, 5.74) is 3.40. The molecule has 1 amide bonds. The number of carbonyl (C=O) groups is 2. The predicted octanol–water partition coefficient (Wildman–Crippen LogP) is 2.70. The summed E-state index contributed by atoms with van der Waals surface area (Å²) in [5.74, 6) is -0.0117. The quantitative estimate of drug-likeness (QED) is 0.769. The Labute approximate surface area is 111 Å². The number of aldehydes is 1. The van der Waals surface area contributed by atoms with Gasteiger partial charge >= 0.3 is 0 Å². The van der Waals surface area contributed by atoms with Crippen molar-refractivity contribution < 1.29 is 9.59 Å². The van der Waals surface area contributed by atoms with Gasteiger partial charge < -0.3 is 4.90 Å². The van der Waals surface area contributed by atoms with E-state index in [4.69, 9.17) is 0 Å². The van der Waals surface area contributed by atoms with Gasteiger partial charge in [0.25, 0.3) is 5.91 Å². The summed E-state index contributed by atoms with van der Waals surface area (Å²) in [6, 6.07) is 14.7. The zero-order valence-corrected chi connectivity index (χ0v) is 10.4. The van der Waals surface area contributed by atoms with Gasteiger partial charge in [-0.15, -0.1) is 0 Å². The molecule has 0 unspecified atom stereocenters. The molecule has 19 heavy (non-hydrogen) atoms. The Bertz CT molecular complexity index is 631. The van der Waals surface area contributed by atoms with Gasteiger partial charge in [0.2, 0.25) is 0 Å². The van der Waals surface area contributed by atoms with Gasteiger partial charge in [0.1, 0.15) is 6.29 Å². The van der Waals surface area contributed by atoms with Gasteiger partial charge in [0, 0.05) is 23.4 Å². The lowest BCUT2D eigenvalue weighted by Crippen LogP contribution is -2.28. The standard InChI is InChI=1S/C16H13NO2/c18-11-12-5-7-14(8-6-12)16(19)17-10-9-13-3-1-2-4-15(13)17/h1-8,11H,9-10H2. The molecular formula is C16H13NO2. The molecule has 2 aromatic carbocycles. The summed E-state index contributed by atoms with van der Waals surface area (Å²) in [7, 11) is 0. The first kappa shape index (κ1) is 11.7. The molecule has 2 aromatic rings. The zero-order valence-electron chi connectivity index (χ0n) is 10.4. The third kappa shape index (κ3) is 2.03. The van der Waals surface area contributed by atoms with E-state index < -0.39 is 0 Å². The Morgan fingerprint density at radius 2 is 1.79 bits per heavy atom. The van der Waals surface area contributed by atoms with Gasteiger partial charge in [-0.25, -0.2) is 0 Å². The van der Waals surface area contributed by atoms with Crippen molar-refractivity contribution in [3.05, 3.63) is 65.2 Å². The van der Waals surface area contributed by atoms with Gasteiger partial charge in [-0.05, 0) is 30.2 Å². The topological polar surface area (TPSA) is 37.4 Å². The van der Waals surface area contributed by atoms with Crippen molar-refractivity contribution in [2.75, 3.05) is 11.4 Å². The average molecular weight is 251 g/mol. The Hall–Kier alpha value is -2.42. The molecule has 0 aromatic heterocycles. The Morgan fingerprint density at radius 3 is 2.53 bits per heavy atom. The van der Waals surface area contributed by atoms with Crippen molar-refractivity contribution in [2.24, 2.45) is 0 Å². The molecule has 94 valence electrons. The zero-order chi connectivity index (χ0) is 13.2. The fraction of sp³-hybridized carbons (Fsp3) is 0.125. The van der Waals surface area contributed by atoms with Crippen LogP contribution in [0.15, 0.2) is 48.5 Å². The lowest BCUT2D eigenvalue weighted by molar-refractivity contribution is 0.0988. The molecule has 3 nitrogen and oxygen atoms in total. The van der Waals surface area contributed by atoms with E-state index >= 15 is 0 Å². The van der Waals surface area contributed by atoms with Crippen LogP contribution in [0, 0.1) is 0 Å². The second-order valence-corrected chi connectivity index (χ2v) is 4.58. The molecule has 3 heteroatoms. The highest BCUT2D eigenvalue weighted by Gasteiger charge is 2.24. The van der Waals surface area contributed by atoms with Gasteiger partial charge in [0.15, 0.2) is 0 Å². The number of para-hydroxylation sites is 1. The van der Waals surface area contributed by atoms with Crippen molar-refractivity contribution >= 4 is 17.9 Å². The van der Waals surface area contributed by atoms with E-state index in [1.807, 2.05) is 18.2 Å². The van der Waals surface area contributed by atoms with E-state index in [0.29, 0.717) is 17.7 Å². The van der Waals surface area contributed by atoms with Gasteiger partial charge in [-0.2, -0.15) is 0 Å². The molecule has 0 radical (unpaired) electrons. The van der Waals surface area contributed by atoms with Gasteiger partial charge in [-0.1, -0.05) is 30.3 Å². The molecule has 1 aliphatic heterocycles. The van der Waals surface area contributed by atoms with Crippen molar-refractivity contribution in [3.63, 3.8) is 0 Å². The number of anilines is 1. The summed E-state index contributed by atoms with van der Waals surface area (Å²) in [4.78, 5) is 24.9. The van der Waals surface area contributed by atoms with Crippen LogP contribution >= 0.6 is 0 Å². The maximum Gasteiger partial charge on any atom is 0.258 e. The number of amides is 1. The monoisotopic (exact) mass is 251 g/mol. The van der Waals surface area contributed by atoms with Gasteiger partial charge in [-0.3, -0.25) is 9.59 Å². The lowest BCUT2D eigenvalue weighted by Gasteiger charge is -2.17. The van der Waals surface area contributed by atoms with E-state index in [2.05, 4.69) is 6.07 Å². The van der Waals surface area contributed by atoms with E-state index in [9.17, 15) is 9.59 Å². The molecule has 3 rings (SSSR count). The maximum atomic E-state index is 12.4.